The Bertz CT molecular complexity index is 598. The van der Waals surface area contributed by atoms with E-state index in [4.69, 9.17) is 5.73 Å². The Kier molecular flexibility index (Phi) is 3.09. The highest BCUT2D eigenvalue weighted by molar-refractivity contribution is 5.86. The average molecular weight is 244 g/mol. The van der Waals surface area contributed by atoms with Crippen molar-refractivity contribution >= 4 is 12.0 Å². The summed E-state index contributed by atoms with van der Waals surface area (Å²) >= 11 is 0. The molecule has 1 heterocycles. The molecule has 0 spiro atoms. The summed E-state index contributed by atoms with van der Waals surface area (Å²) in [5.41, 5.74) is 6.91. The third-order valence-corrected chi connectivity index (χ3v) is 2.37. The first kappa shape index (κ1) is 11.8. The minimum atomic E-state index is -0.734. The van der Waals surface area contributed by atoms with Crippen LogP contribution in [-0.4, -0.2) is 21.1 Å². The number of primary amides is 1. The lowest BCUT2D eigenvalue weighted by Crippen LogP contribution is -2.21. The van der Waals surface area contributed by atoms with Crippen LogP contribution in [0.2, 0.25) is 0 Å². The molecule has 0 atom stereocenters. The van der Waals surface area contributed by atoms with Crippen molar-refractivity contribution in [3.8, 4) is 17.0 Å². The number of hydrogen-bond donors (Lipinski definition) is 3. The number of nitrogens with two attached hydrogens (primary N) is 1. The number of aromatic nitrogens is 2. The van der Waals surface area contributed by atoms with Crippen molar-refractivity contribution in [3.05, 3.63) is 36.0 Å². The van der Waals surface area contributed by atoms with Crippen LogP contribution >= 0.6 is 0 Å². The summed E-state index contributed by atoms with van der Waals surface area (Å²) in [5.74, 6) is 0.218. The standard InChI is InChI=1S/C12H12N4O2/c1-7-6-14-12(16-11(13)18)15-10(7)8-4-2-3-5-9(8)17/h2-6,17H,1H3,(H3,13,14,15,16,18). The van der Waals surface area contributed by atoms with Gasteiger partial charge in [-0.15, -0.1) is 0 Å². The number of para-hydroxylation sites is 1. The lowest BCUT2D eigenvalue weighted by molar-refractivity contribution is 0.259. The molecule has 18 heavy (non-hydrogen) atoms. The second-order valence-corrected chi connectivity index (χ2v) is 3.73. The molecule has 2 rings (SSSR count). The number of hydrogen-bond acceptors (Lipinski definition) is 4. The minimum Gasteiger partial charge on any atom is -0.507 e. The lowest BCUT2D eigenvalue weighted by Gasteiger charge is -2.08. The van der Waals surface area contributed by atoms with Gasteiger partial charge in [-0.05, 0) is 24.6 Å². The number of amides is 2. The molecule has 0 aliphatic rings. The molecule has 0 aliphatic carbocycles. The average Bonchev–Trinajstić information content (AvgIpc) is 2.32. The number of nitrogens with zero attached hydrogens (tertiary/aromatic N) is 2. The molecule has 2 amide bonds. The van der Waals surface area contributed by atoms with Crippen molar-refractivity contribution in [2.24, 2.45) is 5.73 Å². The summed E-state index contributed by atoms with van der Waals surface area (Å²) in [5, 5.41) is 12.1. The van der Waals surface area contributed by atoms with Crippen LogP contribution in [0.4, 0.5) is 10.7 Å². The van der Waals surface area contributed by atoms with Crippen LogP contribution < -0.4 is 11.1 Å². The Morgan fingerprint density at radius 2 is 2.11 bits per heavy atom. The molecular formula is C12H12N4O2. The van der Waals surface area contributed by atoms with Crippen LogP contribution in [0.25, 0.3) is 11.3 Å². The van der Waals surface area contributed by atoms with Crippen LogP contribution in [0.3, 0.4) is 0 Å². The Morgan fingerprint density at radius 3 is 2.78 bits per heavy atom. The third kappa shape index (κ3) is 2.37. The second kappa shape index (κ2) is 4.70. The van der Waals surface area contributed by atoms with Gasteiger partial charge >= 0.3 is 6.03 Å². The van der Waals surface area contributed by atoms with E-state index in [2.05, 4.69) is 15.3 Å². The molecule has 0 fully saturated rings. The molecule has 0 unspecified atom stereocenters. The quantitative estimate of drug-likeness (QED) is 0.747. The number of benzene rings is 1. The molecule has 6 heteroatoms. The van der Waals surface area contributed by atoms with E-state index in [-0.39, 0.29) is 11.7 Å². The molecule has 4 N–H and O–H groups in total. The number of urea groups is 1. The van der Waals surface area contributed by atoms with Gasteiger partial charge in [0.25, 0.3) is 0 Å². The predicted molar refractivity (Wildman–Crippen MR) is 67.1 cm³/mol. The summed E-state index contributed by atoms with van der Waals surface area (Å²) < 4.78 is 0. The Morgan fingerprint density at radius 1 is 1.39 bits per heavy atom. The number of carbonyl (C=O) groups excluding carboxylic acids is 1. The zero-order valence-corrected chi connectivity index (χ0v) is 9.71. The van der Waals surface area contributed by atoms with Gasteiger partial charge in [-0.1, -0.05) is 12.1 Å². The number of aryl methyl sites for hydroxylation is 1. The summed E-state index contributed by atoms with van der Waals surface area (Å²) in [7, 11) is 0. The molecule has 92 valence electrons. The number of nitrogens with one attached hydrogen (secondary N) is 1. The normalized spacial score (nSPS) is 10.1. The van der Waals surface area contributed by atoms with Gasteiger partial charge in [-0.3, -0.25) is 5.32 Å². The number of phenolic OH excluding ortho intramolecular Hbond substituents is 1. The van der Waals surface area contributed by atoms with Gasteiger partial charge in [-0.25, -0.2) is 14.8 Å². The van der Waals surface area contributed by atoms with Crippen molar-refractivity contribution in [2.45, 2.75) is 6.92 Å². The highest BCUT2D eigenvalue weighted by Gasteiger charge is 2.10. The van der Waals surface area contributed by atoms with E-state index < -0.39 is 6.03 Å². The Hall–Kier alpha value is -2.63. The number of rotatable bonds is 2. The minimum absolute atomic E-state index is 0.103. The second-order valence-electron chi connectivity index (χ2n) is 3.73. The van der Waals surface area contributed by atoms with Crippen molar-refractivity contribution in [2.75, 3.05) is 5.32 Å². The van der Waals surface area contributed by atoms with Gasteiger partial charge in [0.2, 0.25) is 5.95 Å². The highest BCUT2D eigenvalue weighted by Crippen LogP contribution is 2.29. The predicted octanol–water partition coefficient (Wildman–Crippen LogP) is 1.65. The monoisotopic (exact) mass is 244 g/mol. The molecule has 2 aromatic rings. The van der Waals surface area contributed by atoms with Crippen LogP contribution in [-0.2, 0) is 0 Å². The van der Waals surface area contributed by atoms with Gasteiger partial charge in [-0.2, -0.15) is 0 Å². The zero-order valence-electron chi connectivity index (χ0n) is 9.71. The number of aromatic hydroxyl groups is 1. The molecule has 0 saturated carbocycles. The van der Waals surface area contributed by atoms with Crippen molar-refractivity contribution in [3.63, 3.8) is 0 Å². The molecule has 0 aliphatic heterocycles. The van der Waals surface area contributed by atoms with Gasteiger partial charge in [0.05, 0.1) is 5.69 Å². The smallest absolute Gasteiger partial charge is 0.319 e. The maximum absolute atomic E-state index is 10.8. The summed E-state index contributed by atoms with van der Waals surface area (Å²) in [4.78, 5) is 18.8. The van der Waals surface area contributed by atoms with Crippen LogP contribution in [0.1, 0.15) is 5.56 Å². The van der Waals surface area contributed by atoms with Crippen LogP contribution in [0.5, 0.6) is 5.75 Å². The zero-order chi connectivity index (χ0) is 13.1. The van der Waals surface area contributed by atoms with Crippen LogP contribution in [0.15, 0.2) is 30.5 Å². The molecule has 6 nitrogen and oxygen atoms in total. The first-order valence-electron chi connectivity index (χ1n) is 5.26. The summed E-state index contributed by atoms with van der Waals surface area (Å²) in [6, 6.07) is 6.08. The van der Waals surface area contributed by atoms with Crippen molar-refractivity contribution in [1.82, 2.24) is 9.97 Å². The Labute approximate surface area is 104 Å². The molecular weight excluding hydrogens is 232 g/mol. The summed E-state index contributed by atoms with van der Waals surface area (Å²) in [6.45, 7) is 1.82. The van der Waals surface area contributed by atoms with Gasteiger partial charge in [0.1, 0.15) is 5.75 Å². The van der Waals surface area contributed by atoms with Gasteiger partial charge in [0.15, 0.2) is 0 Å². The number of anilines is 1. The van der Waals surface area contributed by atoms with E-state index in [0.29, 0.717) is 11.3 Å². The maximum Gasteiger partial charge on any atom is 0.319 e. The van der Waals surface area contributed by atoms with E-state index in [1.807, 2.05) is 6.92 Å². The van der Waals surface area contributed by atoms with E-state index in [1.54, 1.807) is 30.5 Å². The molecule has 1 aromatic carbocycles. The molecule has 0 bridgehead atoms. The number of carbonyl (C=O) groups is 1. The first-order chi connectivity index (χ1) is 8.58. The van der Waals surface area contributed by atoms with Crippen LogP contribution in [0, 0.1) is 6.92 Å². The number of phenols is 1. The Balaban J connectivity index is 2.50. The SMILES string of the molecule is Cc1cnc(NC(N)=O)nc1-c1ccccc1O. The van der Waals surface area contributed by atoms with Crippen molar-refractivity contribution in [1.29, 1.82) is 0 Å². The fourth-order valence-electron chi connectivity index (χ4n) is 1.56. The van der Waals surface area contributed by atoms with E-state index in [0.717, 1.165) is 5.56 Å². The molecule has 0 radical (unpaired) electrons. The maximum atomic E-state index is 10.8. The highest BCUT2D eigenvalue weighted by atomic mass is 16.3. The summed E-state index contributed by atoms with van der Waals surface area (Å²) in [6.07, 6.45) is 1.56. The molecule has 1 aromatic heterocycles. The topological polar surface area (TPSA) is 101 Å². The van der Waals surface area contributed by atoms with E-state index >= 15 is 0 Å². The fourth-order valence-corrected chi connectivity index (χ4v) is 1.56. The van der Waals surface area contributed by atoms with Gasteiger partial charge < -0.3 is 10.8 Å². The third-order valence-electron chi connectivity index (χ3n) is 2.37. The fraction of sp³-hybridized carbons (Fsp3) is 0.0833. The van der Waals surface area contributed by atoms with E-state index in [1.165, 1.54) is 0 Å². The molecule has 0 saturated heterocycles. The van der Waals surface area contributed by atoms with E-state index in [9.17, 15) is 9.90 Å². The largest absolute Gasteiger partial charge is 0.507 e. The lowest BCUT2D eigenvalue weighted by atomic mass is 10.1. The first-order valence-corrected chi connectivity index (χ1v) is 5.26. The van der Waals surface area contributed by atoms with Gasteiger partial charge in [0, 0.05) is 11.8 Å². The van der Waals surface area contributed by atoms with Crippen molar-refractivity contribution < 1.29 is 9.90 Å².